The van der Waals surface area contributed by atoms with E-state index in [1.165, 1.54) is 5.56 Å². The second-order valence-electron chi connectivity index (χ2n) is 6.51. The number of benzene rings is 1. The summed E-state index contributed by atoms with van der Waals surface area (Å²) in [4.78, 5) is 11.8. The molecule has 0 fully saturated rings. The Balaban J connectivity index is 2.70. The Bertz CT molecular complexity index is 507. The Morgan fingerprint density at radius 2 is 1.65 bits per heavy atom. The van der Waals surface area contributed by atoms with Gasteiger partial charge in [0.1, 0.15) is 0 Å². The zero-order valence-corrected chi connectivity index (χ0v) is 14.0. The molecule has 1 amide bonds. The third-order valence-corrected chi connectivity index (χ3v) is 3.06. The number of hydrogen-bond acceptors (Lipinski definition) is 2. The summed E-state index contributed by atoms with van der Waals surface area (Å²) in [5.41, 5.74) is 4.38. The maximum Gasteiger partial charge on any atom is 0.226 e. The van der Waals surface area contributed by atoms with Gasteiger partial charge in [0, 0.05) is 12.1 Å². The van der Waals surface area contributed by atoms with Crippen LogP contribution in [0.25, 0.3) is 0 Å². The van der Waals surface area contributed by atoms with Crippen LogP contribution in [0.3, 0.4) is 0 Å². The lowest BCUT2D eigenvalue weighted by Gasteiger charge is -2.19. The van der Waals surface area contributed by atoms with Crippen LogP contribution < -0.4 is 10.6 Å². The Hall–Kier alpha value is -1.42. The fourth-order valence-electron chi connectivity index (χ4n) is 2.17. The van der Waals surface area contributed by atoms with Crippen molar-refractivity contribution in [3.8, 4) is 0 Å². The van der Waals surface area contributed by atoms with Gasteiger partial charge in [0.05, 0.1) is 0 Å². The van der Waals surface area contributed by atoms with Crippen molar-refractivity contribution in [2.75, 3.05) is 5.32 Å². The van der Waals surface area contributed by atoms with Crippen molar-refractivity contribution in [2.45, 2.75) is 48.0 Å². The molecule has 0 aliphatic rings. The van der Waals surface area contributed by atoms with E-state index in [0.717, 1.165) is 16.8 Å². The molecule has 4 heteroatoms. The number of anilines is 1. The summed E-state index contributed by atoms with van der Waals surface area (Å²) in [6.07, 6.45) is 0.445. The first kappa shape index (κ1) is 16.6. The topological polar surface area (TPSA) is 41.1 Å². The number of nitrogens with one attached hydrogen (secondary N) is 2. The number of amides is 1. The monoisotopic (exact) mass is 292 g/mol. The Morgan fingerprint density at radius 1 is 1.15 bits per heavy atom. The number of carbonyl (C=O) groups is 1. The van der Waals surface area contributed by atoms with Crippen LogP contribution in [0.5, 0.6) is 0 Å². The number of aryl methyl sites for hydroxylation is 3. The van der Waals surface area contributed by atoms with Gasteiger partial charge < -0.3 is 10.6 Å². The maximum absolute atomic E-state index is 11.8. The fraction of sp³-hybridized carbons (Fsp3) is 0.500. The Morgan fingerprint density at radius 3 is 2.10 bits per heavy atom. The van der Waals surface area contributed by atoms with Gasteiger partial charge in [0.15, 0.2) is 5.11 Å². The number of rotatable bonds is 2. The highest BCUT2D eigenvalue weighted by molar-refractivity contribution is 7.80. The van der Waals surface area contributed by atoms with Gasteiger partial charge in [-0.15, -0.1) is 0 Å². The van der Waals surface area contributed by atoms with Crippen molar-refractivity contribution >= 4 is 28.9 Å². The highest BCUT2D eigenvalue weighted by atomic mass is 32.1. The van der Waals surface area contributed by atoms with E-state index in [9.17, 15) is 4.79 Å². The summed E-state index contributed by atoms with van der Waals surface area (Å²) in [7, 11) is 0. The fourth-order valence-corrected chi connectivity index (χ4v) is 2.39. The van der Waals surface area contributed by atoms with Crippen molar-refractivity contribution in [2.24, 2.45) is 5.41 Å². The molecule has 3 nitrogen and oxygen atoms in total. The molecule has 0 aromatic heterocycles. The Labute approximate surface area is 127 Å². The molecule has 0 radical (unpaired) electrons. The summed E-state index contributed by atoms with van der Waals surface area (Å²) in [6.45, 7) is 12.2. The molecule has 110 valence electrons. The van der Waals surface area contributed by atoms with Crippen LogP contribution in [0.1, 0.15) is 43.9 Å². The molecule has 1 rings (SSSR count). The van der Waals surface area contributed by atoms with Crippen molar-refractivity contribution in [3.63, 3.8) is 0 Å². The van der Waals surface area contributed by atoms with E-state index in [2.05, 4.69) is 29.7 Å². The predicted molar refractivity (Wildman–Crippen MR) is 89.1 cm³/mol. The van der Waals surface area contributed by atoms with Crippen molar-refractivity contribution in [1.29, 1.82) is 0 Å². The van der Waals surface area contributed by atoms with Gasteiger partial charge in [-0.2, -0.15) is 0 Å². The lowest BCUT2D eigenvalue weighted by atomic mass is 9.92. The van der Waals surface area contributed by atoms with Crippen LogP contribution in [0.2, 0.25) is 0 Å². The second kappa shape index (κ2) is 6.35. The van der Waals surface area contributed by atoms with Crippen LogP contribution in [-0.2, 0) is 4.79 Å². The number of carbonyl (C=O) groups excluding carboxylic acids is 1. The average molecular weight is 292 g/mol. The van der Waals surface area contributed by atoms with E-state index in [-0.39, 0.29) is 11.3 Å². The third-order valence-electron chi connectivity index (χ3n) is 2.86. The first-order valence-corrected chi connectivity index (χ1v) is 7.18. The summed E-state index contributed by atoms with van der Waals surface area (Å²) >= 11 is 5.21. The van der Waals surface area contributed by atoms with Crippen LogP contribution in [0.4, 0.5) is 5.69 Å². The van der Waals surface area contributed by atoms with Crippen molar-refractivity contribution in [3.05, 3.63) is 28.8 Å². The largest absolute Gasteiger partial charge is 0.332 e. The van der Waals surface area contributed by atoms with Crippen molar-refractivity contribution in [1.82, 2.24) is 5.32 Å². The summed E-state index contributed by atoms with van der Waals surface area (Å²) < 4.78 is 0. The molecule has 0 unspecified atom stereocenters. The molecule has 2 N–H and O–H groups in total. The van der Waals surface area contributed by atoms with E-state index in [1.807, 2.05) is 34.6 Å². The number of thiocarbonyl (C=S) groups is 1. The minimum absolute atomic E-state index is 0.0462. The van der Waals surface area contributed by atoms with Gasteiger partial charge in [0.2, 0.25) is 5.91 Å². The molecule has 0 saturated carbocycles. The zero-order chi connectivity index (χ0) is 15.5. The van der Waals surface area contributed by atoms with Crippen LogP contribution in [0.15, 0.2) is 12.1 Å². The smallest absolute Gasteiger partial charge is 0.226 e. The molecule has 0 saturated heterocycles. The predicted octanol–water partition coefficient (Wildman–Crippen LogP) is 3.86. The van der Waals surface area contributed by atoms with E-state index < -0.39 is 0 Å². The average Bonchev–Trinajstić information content (AvgIpc) is 2.20. The van der Waals surface area contributed by atoms with E-state index in [0.29, 0.717) is 11.5 Å². The molecular formula is C16H24N2OS. The molecule has 0 spiro atoms. The van der Waals surface area contributed by atoms with Gasteiger partial charge in [0.25, 0.3) is 0 Å². The molecule has 0 heterocycles. The minimum Gasteiger partial charge on any atom is -0.332 e. The van der Waals surface area contributed by atoms with Gasteiger partial charge in [-0.25, -0.2) is 0 Å². The van der Waals surface area contributed by atoms with Crippen molar-refractivity contribution < 1.29 is 4.79 Å². The second-order valence-corrected chi connectivity index (χ2v) is 6.92. The van der Waals surface area contributed by atoms with Gasteiger partial charge in [-0.05, 0) is 49.5 Å². The third kappa shape index (κ3) is 5.29. The van der Waals surface area contributed by atoms with Crippen LogP contribution in [-0.4, -0.2) is 11.0 Å². The molecule has 1 aromatic rings. The van der Waals surface area contributed by atoms with Gasteiger partial charge in [-0.1, -0.05) is 38.5 Å². The highest BCUT2D eigenvalue weighted by Crippen LogP contribution is 2.22. The summed E-state index contributed by atoms with van der Waals surface area (Å²) in [5, 5.41) is 6.21. The first-order chi connectivity index (χ1) is 9.08. The van der Waals surface area contributed by atoms with Crippen LogP contribution >= 0.6 is 12.2 Å². The van der Waals surface area contributed by atoms with E-state index >= 15 is 0 Å². The molecular weight excluding hydrogens is 268 g/mol. The molecule has 20 heavy (non-hydrogen) atoms. The normalized spacial score (nSPS) is 11.1. The molecule has 0 aliphatic heterocycles. The van der Waals surface area contributed by atoms with Gasteiger partial charge >= 0.3 is 0 Å². The summed E-state index contributed by atoms with van der Waals surface area (Å²) in [5.74, 6) is -0.0579. The zero-order valence-electron chi connectivity index (χ0n) is 13.2. The van der Waals surface area contributed by atoms with Gasteiger partial charge in [-0.3, -0.25) is 4.79 Å². The molecule has 1 aromatic carbocycles. The molecule has 0 bridgehead atoms. The quantitative estimate of drug-likeness (QED) is 0.813. The lowest BCUT2D eigenvalue weighted by Crippen LogP contribution is -2.36. The van der Waals surface area contributed by atoms with E-state index in [1.54, 1.807) is 0 Å². The Kier molecular flexibility index (Phi) is 5.28. The first-order valence-electron chi connectivity index (χ1n) is 6.77. The lowest BCUT2D eigenvalue weighted by molar-refractivity contribution is -0.121. The van der Waals surface area contributed by atoms with E-state index in [4.69, 9.17) is 12.2 Å². The number of hydrogen-bond donors (Lipinski definition) is 2. The molecule has 0 aliphatic carbocycles. The minimum atomic E-state index is -0.0579. The maximum atomic E-state index is 11.8. The molecule has 0 atom stereocenters. The SMILES string of the molecule is Cc1cc(C)c(NC(=S)NC(=O)CC(C)(C)C)c(C)c1. The van der Waals surface area contributed by atoms with Crippen LogP contribution in [0, 0.1) is 26.2 Å². The highest BCUT2D eigenvalue weighted by Gasteiger charge is 2.17. The standard InChI is InChI=1S/C16H24N2OS/c1-10-7-11(2)14(12(3)8-10)18-15(20)17-13(19)9-16(4,5)6/h7-8H,9H2,1-6H3,(H2,17,18,19,20). The summed E-state index contributed by atoms with van der Waals surface area (Å²) in [6, 6.07) is 4.18.